The van der Waals surface area contributed by atoms with E-state index in [2.05, 4.69) is 27.8 Å². The van der Waals surface area contributed by atoms with E-state index in [-0.39, 0.29) is 17.2 Å². The highest BCUT2D eigenvalue weighted by molar-refractivity contribution is 6.33. The van der Waals surface area contributed by atoms with Gasteiger partial charge in [0.15, 0.2) is 0 Å². The predicted molar refractivity (Wildman–Crippen MR) is 147 cm³/mol. The molecule has 3 aromatic rings. The van der Waals surface area contributed by atoms with Gasteiger partial charge in [0, 0.05) is 23.2 Å². The average molecular weight is 504 g/mol. The summed E-state index contributed by atoms with van der Waals surface area (Å²) in [5, 5.41) is 12.6. The van der Waals surface area contributed by atoms with Crippen LogP contribution in [0, 0.1) is 12.3 Å². The third-order valence-electron chi connectivity index (χ3n) is 6.23. The molecule has 1 aliphatic carbocycles. The lowest BCUT2D eigenvalue weighted by Crippen LogP contribution is -2.29. The number of nitrogens with one attached hydrogen (secondary N) is 4. The van der Waals surface area contributed by atoms with Crippen molar-refractivity contribution in [2.75, 3.05) is 21.7 Å². The molecule has 0 unspecified atom stereocenters. The van der Waals surface area contributed by atoms with E-state index >= 15 is 0 Å². The fraction of sp³-hybridized carbons (Fsp3) is 0.214. The van der Waals surface area contributed by atoms with Gasteiger partial charge in [0.05, 0.1) is 22.1 Å². The molecule has 0 saturated heterocycles. The van der Waals surface area contributed by atoms with Crippen molar-refractivity contribution in [3.63, 3.8) is 0 Å². The summed E-state index contributed by atoms with van der Waals surface area (Å²) in [5.74, 6) is 0.275. The van der Waals surface area contributed by atoms with Crippen LogP contribution in [0.4, 0.5) is 22.7 Å². The van der Waals surface area contributed by atoms with Gasteiger partial charge in [0.25, 0.3) is 5.91 Å². The summed E-state index contributed by atoms with van der Waals surface area (Å²) in [5.41, 5.74) is 10.8. The molecule has 0 heterocycles. The molecule has 36 heavy (non-hydrogen) atoms. The predicted octanol–water partition coefficient (Wildman–Crippen LogP) is 5.89. The van der Waals surface area contributed by atoms with Crippen LogP contribution in [0.25, 0.3) is 0 Å². The van der Waals surface area contributed by atoms with Gasteiger partial charge in [0.2, 0.25) is 5.91 Å². The first-order chi connectivity index (χ1) is 17.1. The van der Waals surface area contributed by atoms with Crippen molar-refractivity contribution in [1.29, 1.82) is 0 Å². The summed E-state index contributed by atoms with van der Waals surface area (Å²) < 4.78 is 0. The molecule has 0 atom stereocenters. The number of benzene rings is 3. The van der Waals surface area contributed by atoms with E-state index in [4.69, 9.17) is 17.3 Å². The zero-order valence-electron chi connectivity index (χ0n) is 20.4. The Morgan fingerprint density at radius 2 is 1.67 bits per heavy atom. The minimum atomic E-state index is -0.250. The van der Waals surface area contributed by atoms with E-state index < -0.39 is 0 Å². The Balaban J connectivity index is 1.36. The van der Waals surface area contributed by atoms with E-state index in [1.807, 2.05) is 50.2 Å². The maximum Gasteiger partial charge on any atom is 0.255 e. The number of nitrogen functional groups attached to an aromatic ring is 1. The molecule has 4 rings (SSSR count). The van der Waals surface area contributed by atoms with Crippen molar-refractivity contribution in [1.82, 2.24) is 5.32 Å². The smallest absolute Gasteiger partial charge is 0.255 e. The van der Waals surface area contributed by atoms with Gasteiger partial charge < -0.3 is 27.0 Å². The van der Waals surface area contributed by atoms with E-state index in [1.54, 1.807) is 24.3 Å². The number of amides is 2. The summed E-state index contributed by atoms with van der Waals surface area (Å²) in [6, 6.07) is 18.1. The monoisotopic (exact) mass is 503 g/mol. The van der Waals surface area contributed by atoms with Crippen LogP contribution in [-0.4, -0.2) is 11.8 Å². The second kappa shape index (κ2) is 10.3. The number of carbonyl (C=O) groups is 2. The molecular weight excluding hydrogens is 474 g/mol. The molecule has 0 radical (unpaired) electrons. The number of nitrogens with two attached hydrogens (primary N) is 1. The van der Waals surface area contributed by atoms with E-state index in [9.17, 15) is 9.59 Å². The summed E-state index contributed by atoms with van der Waals surface area (Å²) >= 11 is 6.36. The highest BCUT2D eigenvalue weighted by Crippen LogP contribution is 2.45. The SMILES string of the molecule is C=C(Nc1ccc(C(=O)Nc2ccc(C)cc2)cc1N)Nc1cc(CNC(=O)C2(C)CC2)ccc1Cl. The zero-order chi connectivity index (χ0) is 25.9. The Bertz CT molecular complexity index is 1320. The van der Waals surface area contributed by atoms with Gasteiger partial charge in [-0.3, -0.25) is 9.59 Å². The molecule has 0 spiro atoms. The van der Waals surface area contributed by atoms with Crippen LogP contribution in [0.15, 0.2) is 73.1 Å². The molecule has 6 N–H and O–H groups in total. The molecule has 3 aromatic carbocycles. The molecule has 7 nitrogen and oxygen atoms in total. The minimum absolute atomic E-state index is 0.0736. The van der Waals surface area contributed by atoms with Crippen molar-refractivity contribution < 1.29 is 9.59 Å². The normalized spacial score (nSPS) is 13.4. The van der Waals surface area contributed by atoms with Gasteiger partial charge in [-0.1, -0.05) is 48.9 Å². The van der Waals surface area contributed by atoms with Crippen molar-refractivity contribution in [3.05, 3.63) is 94.8 Å². The van der Waals surface area contributed by atoms with Crippen molar-refractivity contribution in [2.24, 2.45) is 5.41 Å². The van der Waals surface area contributed by atoms with Crippen molar-refractivity contribution >= 4 is 46.2 Å². The van der Waals surface area contributed by atoms with Crippen LogP contribution in [0.5, 0.6) is 0 Å². The molecular formula is C28H30ClN5O2. The van der Waals surface area contributed by atoms with Crippen LogP contribution in [0.3, 0.4) is 0 Å². The second-order valence-corrected chi connectivity index (χ2v) is 9.82. The Morgan fingerprint density at radius 1 is 0.972 bits per heavy atom. The average Bonchev–Trinajstić information content (AvgIpc) is 3.60. The quantitative estimate of drug-likeness (QED) is 0.234. The molecule has 0 bridgehead atoms. The van der Waals surface area contributed by atoms with Gasteiger partial charge in [-0.2, -0.15) is 0 Å². The molecule has 1 aliphatic rings. The maximum atomic E-state index is 12.6. The first-order valence-corrected chi connectivity index (χ1v) is 12.1. The molecule has 8 heteroatoms. The Labute approximate surface area is 216 Å². The number of aryl methyl sites for hydroxylation is 1. The highest BCUT2D eigenvalue weighted by Gasteiger charge is 2.44. The summed E-state index contributed by atoms with van der Waals surface area (Å²) in [4.78, 5) is 24.8. The largest absolute Gasteiger partial charge is 0.397 e. The van der Waals surface area contributed by atoms with Gasteiger partial charge in [-0.05, 0) is 67.8 Å². The number of hydrogen-bond acceptors (Lipinski definition) is 5. The minimum Gasteiger partial charge on any atom is -0.397 e. The highest BCUT2D eigenvalue weighted by atomic mass is 35.5. The molecule has 0 aliphatic heterocycles. The van der Waals surface area contributed by atoms with Gasteiger partial charge in [-0.15, -0.1) is 0 Å². The molecule has 2 amide bonds. The lowest BCUT2D eigenvalue weighted by atomic mass is 10.1. The molecule has 1 fully saturated rings. The van der Waals surface area contributed by atoms with E-state index in [0.29, 0.717) is 45.7 Å². The number of rotatable bonds is 9. The van der Waals surface area contributed by atoms with Crippen LogP contribution >= 0.6 is 11.6 Å². The molecule has 0 aromatic heterocycles. The number of anilines is 4. The topological polar surface area (TPSA) is 108 Å². The zero-order valence-corrected chi connectivity index (χ0v) is 21.1. The lowest BCUT2D eigenvalue weighted by Gasteiger charge is -2.17. The fourth-order valence-corrected chi connectivity index (χ4v) is 3.77. The van der Waals surface area contributed by atoms with Crippen LogP contribution in [0.1, 0.15) is 41.3 Å². The number of halogens is 1. The summed E-state index contributed by atoms with van der Waals surface area (Å²) in [7, 11) is 0. The lowest BCUT2D eigenvalue weighted by molar-refractivity contribution is -0.125. The molecule has 1 saturated carbocycles. The van der Waals surface area contributed by atoms with Crippen molar-refractivity contribution in [3.8, 4) is 0 Å². The fourth-order valence-electron chi connectivity index (χ4n) is 3.60. The Kier molecular flexibility index (Phi) is 7.22. The Hall–Kier alpha value is -3.97. The van der Waals surface area contributed by atoms with Gasteiger partial charge in [0.1, 0.15) is 5.82 Å². The van der Waals surface area contributed by atoms with E-state index in [1.165, 1.54) is 0 Å². The standard InChI is InChI=1S/C28H30ClN5O2/c1-17-4-8-21(9-5-17)34-26(35)20-7-11-24(23(30)15-20)32-18(2)33-25-14-19(6-10-22(25)29)16-31-27(36)28(3)12-13-28/h4-11,14-15,32-33H,2,12-13,16,30H2,1,3H3,(H,31,36)(H,34,35). The third-order valence-corrected chi connectivity index (χ3v) is 6.56. The van der Waals surface area contributed by atoms with Gasteiger partial charge >= 0.3 is 0 Å². The van der Waals surface area contributed by atoms with E-state index in [0.717, 1.165) is 24.0 Å². The first kappa shape index (κ1) is 25.1. The van der Waals surface area contributed by atoms with Crippen LogP contribution in [-0.2, 0) is 11.3 Å². The first-order valence-electron chi connectivity index (χ1n) is 11.7. The summed E-state index contributed by atoms with van der Waals surface area (Å²) in [6.07, 6.45) is 1.86. The summed E-state index contributed by atoms with van der Waals surface area (Å²) in [6.45, 7) is 8.38. The second-order valence-electron chi connectivity index (χ2n) is 9.41. The van der Waals surface area contributed by atoms with Crippen LogP contribution < -0.4 is 27.0 Å². The van der Waals surface area contributed by atoms with Crippen LogP contribution in [0.2, 0.25) is 5.02 Å². The Morgan fingerprint density at radius 3 is 2.33 bits per heavy atom. The van der Waals surface area contributed by atoms with Gasteiger partial charge in [-0.25, -0.2) is 0 Å². The number of hydrogen-bond donors (Lipinski definition) is 5. The molecule has 186 valence electrons. The van der Waals surface area contributed by atoms with Crippen molar-refractivity contribution in [2.45, 2.75) is 33.2 Å². The third kappa shape index (κ3) is 6.17. The maximum absolute atomic E-state index is 12.6. The number of carbonyl (C=O) groups excluding carboxylic acids is 2.